The van der Waals surface area contributed by atoms with Gasteiger partial charge in [-0.1, -0.05) is 18.2 Å². The minimum absolute atomic E-state index is 0.161. The fourth-order valence-corrected chi connectivity index (χ4v) is 3.83. The van der Waals surface area contributed by atoms with Crippen LogP contribution in [0.5, 0.6) is 0 Å². The molecule has 4 atom stereocenters. The monoisotopic (exact) mass is 491 g/mol. The predicted molar refractivity (Wildman–Crippen MR) is 117 cm³/mol. The number of benzene rings is 1. The lowest BCUT2D eigenvalue weighted by Crippen LogP contribution is -2.29. The number of nitrogens with one attached hydrogen (secondary N) is 1. The van der Waals surface area contributed by atoms with Gasteiger partial charge in [-0.05, 0) is 12.1 Å². The summed E-state index contributed by atoms with van der Waals surface area (Å²) >= 11 is 0. The standard InChI is InChI=1S/C20H22N5O8P/c1-12(26)32-14-8-15(33-20(14)31-11-34(28,29)30-2)25-10-23-16-17(21-9-22-18(16)25)24-19(27)13-6-4-3-5-7-13/h3-7,9-10,14-15,20H,8,11H2,1-2H3,(H,28,29)(H,21,22,24,27)/t14-,15+,20-/m0/s1. The molecule has 0 saturated carbocycles. The zero-order chi connectivity index (χ0) is 24.3. The molecule has 1 saturated heterocycles. The molecule has 2 aromatic heterocycles. The largest absolute Gasteiger partial charge is 0.457 e. The maximum Gasteiger partial charge on any atom is 0.353 e. The van der Waals surface area contributed by atoms with Crippen LogP contribution in [0.3, 0.4) is 0 Å². The van der Waals surface area contributed by atoms with E-state index >= 15 is 0 Å². The fraction of sp³-hybridized carbons (Fsp3) is 0.350. The van der Waals surface area contributed by atoms with Gasteiger partial charge in [0.15, 0.2) is 35.7 Å². The molecular formula is C20H22N5O8P. The van der Waals surface area contributed by atoms with Crippen molar-refractivity contribution in [3.63, 3.8) is 0 Å². The van der Waals surface area contributed by atoms with Gasteiger partial charge in [0.2, 0.25) is 0 Å². The molecule has 3 aromatic rings. The number of imidazole rings is 1. The topological polar surface area (TPSA) is 164 Å². The maximum atomic E-state index is 12.5. The predicted octanol–water partition coefficient (Wildman–Crippen LogP) is 2.06. The molecule has 1 aromatic carbocycles. The van der Waals surface area contributed by atoms with Gasteiger partial charge in [-0.25, -0.2) is 15.0 Å². The Balaban J connectivity index is 1.56. The lowest BCUT2D eigenvalue weighted by Gasteiger charge is -2.19. The number of carbonyl (C=O) groups excluding carboxylic acids is 2. The Bertz CT molecular complexity index is 1240. The summed E-state index contributed by atoms with van der Waals surface area (Å²) in [7, 11) is -2.89. The van der Waals surface area contributed by atoms with Gasteiger partial charge in [-0.3, -0.25) is 18.7 Å². The number of nitrogens with zero attached hydrogens (tertiary/aromatic N) is 4. The van der Waals surface area contributed by atoms with Crippen LogP contribution < -0.4 is 5.32 Å². The molecule has 2 N–H and O–H groups in total. The van der Waals surface area contributed by atoms with E-state index in [2.05, 4.69) is 24.8 Å². The van der Waals surface area contributed by atoms with Crippen molar-refractivity contribution in [1.82, 2.24) is 19.5 Å². The second-order valence-electron chi connectivity index (χ2n) is 7.32. The first-order valence-corrected chi connectivity index (χ1v) is 11.9. The Morgan fingerprint density at radius 3 is 2.74 bits per heavy atom. The third-order valence-electron chi connectivity index (χ3n) is 4.97. The van der Waals surface area contributed by atoms with Crippen molar-refractivity contribution in [2.45, 2.75) is 32.0 Å². The number of esters is 1. The summed E-state index contributed by atoms with van der Waals surface area (Å²) in [5.41, 5.74) is 1.13. The minimum Gasteiger partial charge on any atom is -0.457 e. The maximum absolute atomic E-state index is 12.5. The molecule has 34 heavy (non-hydrogen) atoms. The van der Waals surface area contributed by atoms with Crippen LogP contribution in [0.15, 0.2) is 43.0 Å². The van der Waals surface area contributed by atoms with Crippen molar-refractivity contribution in [3.8, 4) is 0 Å². The van der Waals surface area contributed by atoms with Crippen molar-refractivity contribution in [2.24, 2.45) is 0 Å². The Labute approximate surface area is 193 Å². The first kappa shape index (κ1) is 23.9. The number of hydrogen-bond acceptors (Lipinski definition) is 10. The van der Waals surface area contributed by atoms with E-state index in [1.807, 2.05) is 0 Å². The van der Waals surface area contributed by atoms with Gasteiger partial charge in [0.25, 0.3) is 5.91 Å². The van der Waals surface area contributed by atoms with Gasteiger partial charge in [0, 0.05) is 26.0 Å². The van der Waals surface area contributed by atoms with E-state index in [0.29, 0.717) is 16.7 Å². The summed E-state index contributed by atoms with van der Waals surface area (Å²) in [5, 5.41) is 2.72. The van der Waals surface area contributed by atoms with Gasteiger partial charge in [-0.2, -0.15) is 0 Å². The molecule has 1 unspecified atom stereocenters. The number of amides is 1. The fourth-order valence-electron chi connectivity index (χ4n) is 3.39. The molecular weight excluding hydrogens is 469 g/mol. The number of hydrogen-bond donors (Lipinski definition) is 2. The zero-order valence-corrected chi connectivity index (χ0v) is 19.1. The molecule has 4 rings (SSSR count). The van der Waals surface area contributed by atoms with Crippen molar-refractivity contribution >= 4 is 36.5 Å². The highest BCUT2D eigenvalue weighted by Gasteiger charge is 2.41. The first-order valence-electron chi connectivity index (χ1n) is 10.1. The molecule has 0 spiro atoms. The summed E-state index contributed by atoms with van der Waals surface area (Å²) in [6.45, 7) is 1.23. The van der Waals surface area contributed by atoms with E-state index < -0.39 is 38.5 Å². The summed E-state index contributed by atoms with van der Waals surface area (Å²) in [5.74, 6) is -0.714. The van der Waals surface area contributed by atoms with E-state index in [-0.39, 0.29) is 18.1 Å². The van der Waals surface area contributed by atoms with Crippen LogP contribution in [0.2, 0.25) is 0 Å². The molecule has 1 aliphatic rings. The molecule has 0 bridgehead atoms. The van der Waals surface area contributed by atoms with Gasteiger partial charge >= 0.3 is 13.6 Å². The highest BCUT2D eigenvalue weighted by Crippen LogP contribution is 2.42. The Hall–Kier alpha value is -3.22. The number of rotatable bonds is 8. The second kappa shape index (κ2) is 9.95. The minimum atomic E-state index is -3.97. The molecule has 1 aliphatic heterocycles. The number of carbonyl (C=O) groups is 2. The molecule has 1 fully saturated rings. The van der Waals surface area contributed by atoms with Gasteiger partial charge in [0.1, 0.15) is 12.6 Å². The molecule has 13 nitrogen and oxygen atoms in total. The lowest BCUT2D eigenvalue weighted by atomic mass is 10.2. The Morgan fingerprint density at radius 2 is 2.03 bits per heavy atom. The van der Waals surface area contributed by atoms with Crippen molar-refractivity contribution in [3.05, 3.63) is 48.5 Å². The van der Waals surface area contributed by atoms with Crippen molar-refractivity contribution in [1.29, 1.82) is 0 Å². The van der Waals surface area contributed by atoms with Crippen LogP contribution in [0.25, 0.3) is 11.2 Å². The number of anilines is 1. The highest BCUT2D eigenvalue weighted by molar-refractivity contribution is 7.52. The SMILES string of the molecule is COP(=O)(O)CO[C@H]1O[C@@H](n2cnc3c(NC(=O)c4ccccc4)ncnc32)C[C@@H]1OC(C)=O. The number of aromatic nitrogens is 4. The summed E-state index contributed by atoms with van der Waals surface area (Å²) in [4.78, 5) is 46.3. The third kappa shape index (κ3) is 5.29. The normalized spacial score (nSPS) is 21.8. The second-order valence-corrected chi connectivity index (χ2v) is 9.22. The summed E-state index contributed by atoms with van der Waals surface area (Å²) in [6.07, 6.45) is -0.477. The molecule has 3 heterocycles. The van der Waals surface area contributed by atoms with Crippen LogP contribution in [0.4, 0.5) is 5.82 Å². The van der Waals surface area contributed by atoms with Crippen LogP contribution >= 0.6 is 7.60 Å². The van der Waals surface area contributed by atoms with Crippen molar-refractivity contribution in [2.75, 3.05) is 18.8 Å². The summed E-state index contributed by atoms with van der Waals surface area (Å²) in [6, 6.07) is 8.64. The van der Waals surface area contributed by atoms with Gasteiger partial charge in [0.05, 0.1) is 6.33 Å². The highest BCUT2D eigenvalue weighted by atomic mass is 31.2. The Kier molecular flexibility index (Phi) is 7.00. The van der Waals surface area contributed by atoms with E-state index in [4.69, 9.17) is 14.2 Å². The molecule has 1 amide bonds. The third-order valence-corrected chi connectivity index (χ3v) is 6.02. The van der Waals surface area contributed by atoms with Crippen LogP contribution in [0, 0.1) is 0 Å². The van der Waals surface area contributed by atoms with E-state index in [1.165, 1.54) is 19.6 Å². The lowest BCUT2D eigenvalue weighted by molar-refractivity contribution is -0.185. The quantitative estimate of drug-likeness (QED) is 0.350. The molecule has 14 heteroatoms. The van der Waals surface area contributed by atoms with Crippen LogP contribution in [-0.4, -0.2) is 62.1 Å². The Morgan fingerprint density at radius 1 is 1.26 bits per heavy atom. The van der Waals surface area contributed by atoms with Crippen LogP contribution in [-0.2, 0) is 28.1 Å². The average molecular weight is 491 g/mol. The number of ether oxygens (including phenoxy) is 3. The molecule has 0 radical (unpaired) electrons. The van der Waals surface area contributed by atoms with E-state index in [1.54, 1.807) is 34.9 Å². The van der Waals surface area contributed by atoms with E-state index in [9.17, 15) is 19.0 Å². The smallest absolute Gasteiger partial charge is 0.353 e. The number of fused-ring (bicyclic) bond motifs is 1. The molecule has 0 aliphatic carbocycles. The zero-order valence-electron chi connectivity index (χ0n) is 18.2. The van der Waals surface area contributed by atoms with Crippen molar-refractivity contribution < 1.29 is 37.8 Å². The first-order chi connectivity index (χ1) is 16.3. The average Bonchev–Trinajstić information content (AvgIpc) is 3.42. The summed E-state index contributed by atoms with van der Waals surface area (Å²) < 4.78 is 34.3. The molecule has 180 valence electrons. The van der Waals surface area contributed by atoms with Gasteiger partial charge < -0.3 is 28.9 Å². The van der Waals surface area contributed by atoms with Gasteiger partial charge in [-0.15, -0.1) is 0 Å². The van der Waals surface area contributed by atoms with Crippen LogP contribution in [0.1, 0.15) is 29.9 Å². The van der Waals surface area contributed by atoms with E-state index in [0.717, 1.165) is 7.11 Å².